The van der Waals surface area contributed by atoms with Gasteiger partial charge in [-0.3, -0.25) is 9.36 Å². The molecule has 0 bridgehead atoms. The second kappa shape index (κ2) is 8.95. The summed E-state index contributed by atoms with van der Waals surface area (Å²) in [6, 6.07) is 11.0. The standard InChI is InChI=1S/C21H19Cl2N5O2S/c1-21(12-24,13-4-5-13)25-18(29)11-31-20-27-26-19(16-7-6-14(22)9-17(16)23)28(20)10-15-3-2-8-30-15/h2-3,6-9,13H,4-5,10-11H2,1H3,(H,25,29)/t21-/m0/s1. The maximum atomic E-state index is 12.5. The van der Waals surface area contributed by atoms with Crippen LogP contribution in [0.15, 0.2) is 46.2 Å². The normalized spacial score (nSPS) is 15.3. The highest BCUT2D eigenvalue weighted by Crippen LogP contribution is 2.39. The molecule has 1 amide bonds. The second-order valence-electron chi connectivity index (χ2n) is 7.52. The number of halogens is 2. The molecule has 10 heteroatoms. The zero-order chi connectivity index (χ0) is 22.0. The molecule has 1 atom stereocenters. The summed E-state index contributed by atoms with van der Waals surface area (Å²) in [5.74, 6) is 1.35. The molecule has 0 aliphatic heterocycles. The van der Waals surface area contributed by atoms with Gasteiger partial charge in [-0.2, -0.15) is 5.26 Å². The molecule has 0 saturated heterocycles. The number of carbonyl (C=O) groups excluding carboxylic acids is 1. The largest absolute Gasteiger partial charge is 0.467 e. The van der Waals surface area contributed by atoms with Gasteiger partial charge >= 0.3 is 0 Å². The number of amides is 1. The maximum absolute atomic E-state index is 12.5. The Labute approximate surface area is 193 Å². The average molecular weight is 476 g/mol. The third-order valence-electron chi connectivity index (χ3n) is 5.14. The highest BCUT2D eigenvalue weighted by atomic mass is 35.5. The van der Waals surface area contributed by atoms with Gasteiger partial charge in [0.2, 0.25) is 5.91 Å². The minimum Gasteiger partial charge on any atom is -0.467 e. The molecule has 0 radical (unpaired) electrons. The number of benzene rings is 1. The quantitative estimate of drug-likeness (QED) is 0.470. The van der Waals surface area contributed by atoms with Crippen LogP contribution >= 0.6 is 35.0 Å². The Bertz CT molecular complexity index is 1140. The van der Waals surface area contributed by atoms with Crippen LogP contribution in [-0.2, 0) is 11.3 Å². The third kappa shape index (κ3) is 4.90. The highest BCUT2D eigenvalue weighted by molar-refractivity contribution is 7.99. The first-order chi connectivity index (χ1) is 14.9. The Balaban J connectivity index is 1.56. The van der Waals surface area contributed by atoms with Crippen LogP contribution in [0.25, 0.3) is 11.4 Å². The first kappa shape index (κ1) is 21.8. The molecule has 1 N–H and O–H groups in total. The van der Waals surface area contributed by atoms with Crippen molar-refractivity contribution in [3.8, 4) is 17.5 Å². The van der Waals surface area contributed by atoms with Gasteiger partial charge in [-0.1, -0.05) is 35.0 Å². The summed E-state index contributed by atoms with van der Waals surface area (Å²) in [6.45, 7) is 2.14. The Morgan fingerprint density at radius 3 is 2.84 bits per heavy atom. The molecular weight excluding hydrogens is 457 g/mol. The summed E-state index contributed by atoms with van der Waals surface area (Å²) in [7, 11) is 0. The van der Waals surface area contributed by atoms with Crippen LogP contribution in [0, 0.1) is 17.2 Å². The van der Waals surface area contributed by atoms with Gasteiger partial charge in [-0.05, 0) is 56.0 Å². The molecule has 0 spiro atoms. The average Bonchev–Trinajstić information content (AvgIpc) is 3.36. The van der Waals surface area contributed by atoms with Gasteiger partial charge in [0.05, 0.1) is 29.7 Å². The molecule has 0 unspecified atom stereocenters. The van der Waals surface area contributed by atoms with Crippen LogP contribution in [0.4, 0.5) is 0 Å². The van der Waals surface area contributed by atoms with E-state index in [2.05, 4.69) is 21.6 Å². The predicted molar refractivity (Wildman–Crippen MR) is 119 cm³/mol. The SMILES string of the molecule is C[C@@](C#N)(NC(=O)CSc1nnc(-c2ccc(Cl)cc2Cl)n1Cc1ccco1)C1CC1. The number of aromatic nitrogens is 3. The van der Waals surface area contributed by atoms with Crippen molar-refractivity contribution in [3.63, 3.8) is 0 Å². The minimum absolute atomic E-state index is 0.106. The van der Waals surface area contributed by atoms with Crippen molar-refractivity contribution >= 4 is 40.9 Å². The van der Waals surface area contributed by atoms with Crippen LogP contribution in [0.5, 0.6) is 0 Å². The molecule has 1 aliphatic rings. The number of hydrogen-bond acceptors (Lipinski definition) is 6. The summed E-state index contributed by atoms with van der Waals surface area (Å²) in [5.41, 5.74) is -0.159. The number of rotatable bonds is 8. The Kier molecular flexibility index (Phi) is 6.28. The first-order valence-corrected chi connectivity index (χ1v) is 11.4. The monoisotopic (exact) mass is 475 g/mol. The number of hydrogen-bond donors (Lipinski definition) is 1. The van der Waals surface area contributed by atoms with Gasteiger partial charge in [0.1, 0.15) is 11.3 Å². The van der Waals surface area contributed by atoms with E-state index in [1.807, 2.05) is 10.6 Å². The van der Waals surface area contributed by atoms with Gasteiger partial charge in [-0.25, -0.2) is 0 Å². The highest BCUT2D eigenvalue weighted by Gasteiger charge is 2.43. The van der Waals surface area contributed by atoms with E-state index in [9.17, 15) is 10.1 Å². The lowest BCUT2D eigenvalue weighted by molar-refractivity contribution is -0.119. The topological polar surface area (TPSA) is 96.7 Å². The zero-order valence-electron chi connectivity index (χ0n) is 16.6. The molecule has 1 saturated carbocycles. The van der Waals surface area contributed by atoms with Crippen LogP contribution in [0.1, 0.15) is 25.5 Å². The summed E-state index contributed by atoms with van der Waals surface area (Å²) in [5, 5.41) is 22.4. The fourth-order valence-electron chi connectivity index (χ4n) is 3.30. The molecule has 3 aromatic rings. The molecule has 4 rings (SSSR count). The smallest absolute Gasteiger partial charge is 0.231 e. The van der Waals surface area contributed by atoms with Crippen molar-refractivity contribution < 1.29 is 9.21 Å². The van der Waals surface area contributed by atoms with Crippen molar-refractivity contribution in [2.24, 2.45) is 5.92 Å². The minimum atomic E-state index is -0.832. The lowest BCUT2D eigenvalue weighted by Gasteiger charge is -2.22. The molecular formula is C21H19Cl2N5O2S. The summed E-state index contributed by atoms with van der Waals surface area (Å²) in [6.07, 6.45) is 3.51. The summed E-state index contributed by atoms with van der Waals surface area (Å²) < 4.78 is 7.33. The van der Waals surface area contributed by atoms with Crippen LogP contribution in [0.2, 0.25) is 10.0 Å². The Morgan fingerprint density at radius 1 is 1.39 bits per heavy atom. The van der Waals surface area contributed by atoms with Crippen molar-refractivity contribution in [2.45, 2.75) is 37.0 Å². The molecule has 2 heterocycles. The summed E-state index contributed by atoms with van der Waals surface area (Å²) in [4.78, 5) is 12.5. The van der Waals surface area contributed by atoms with Gasteiger partial charge in [0.15, 0.2) is 11.0 Å². The van der Waals surface area contributed by atoms with E-state index in [4.69, 9.17) is 27.6 Å². The molecule has 2 aromatic heterocycles. The lowest BCUT2D eigenvalue weighted by atomic mass is 9.98. The van der Waals surface area contributed by atoms with Gasteiger partial charge in [0.25, 0.3) is 0 Å². The maximum Gasteiger partial charge on any atom is 0.231 e. The van der Waals surface area contributed by atoms with E-state index in [1.54, 1.807) is 37.5 Å². The molecule has 160 valence electrons. The molecule has 1 fully saturated rings. The van der Waals surface area contributed by atoms with E-state index in [-0.39, 0.29) is 17.6 Å². The Morgan fingerprint density at radius 2 is 2.19 bits per heavy atom. The number of nitriles is 1. The summed E-state index contributed by atoms with van der Waals surface area (Å²) >= 11 is 13.7. The Hall–Kier alpha value is -2.47. The first-order valence-electron chi connectivity index (χ1n) is 9.65. The van der Waals surface area contributed by atoms with Crippen molar-refractivity contribution in [3.05, 3.63) is 52.4 Å². The van der Waals surface area contributed by atoms with Crippen LogP contribution in [0.3, 0.4) is 0 Å². The van der Waals surface area contributed by atoms with E-state index >= 15 is 0 Å². The number of carbonyl (C=O) groups is 1. The number of furan rings is 1. The molecule has 1 aromatic carbocycles. The number of nitrogens with one attached hydrogen (secondary N) is 1. The number of thioether (sulfide) groups is 1. The van der Waals surface area contributed by atoms with E-state index in [1.165, 1.54) is 11.8 Å². The molecule has 31 heavy (non-hydrogen) atoms. The molecule has 1 aliphatic carbocycles. The van der Waals surface area contributed by atoms with Crippen LogP contribution in [-0.4, -0.2) is 32.0 Å². The third-order valence-corrected chi connectivity index (χ3v) is 6.66. The fourth-order valence-corrected chi connectivity index (χ4v) is 4.54. The number of nitrogens with zero attached hydrogens (tertiary/aromatic N) is 4. The second-order valence-corrected chi connectivity index (χ2v) is 9.31. The van der Waals surface area contributed by atoms with Crippen molar-refractivity contribution in [1.29, 1.82) is 5.26 Å². The van der Waals surface area contributed by atoms with Crippen LogP contribution < -0.4 is 5.32 Å². The zero-order valence-corrected chi connectivity index (χ0v) is 19.0. The fraction of sp³-hybridized carbons (Fsp3) is 0.333. The van der Waals surface area contributed by atoms with Gasteiger partial charge in [0, 0.05) is 10.6 Å². The van der Waals surface area contributed by atoms with Crippen molar-refractivity contribution in [2.75, 3.05) is 5.75 Å². The van der Waals surface area contributed by atoms with Crippen molar-refractivity contribution in [1.82, 2.24) is 20.1 Å². The van der Waals surface area contributed by atoms with E-state index in [0.29, 0.717) is 38.9 Å². The van der Waals surface area contributed by atoms with E-state index in [0.717, 1.165) is 12.8 Å². The molecule has 7 nitrogen and oxygen atoms in total. The van der Waals surface area contributed by atoms with E-state index < -0.39 is 5.54 Å². The lowest BCUT2D eigenvalue weighted by Crippen LogP contribution is -2.47. The van der Waals surface area contributed by atoms with Gasteiger partial charge < -0.3 is 9.73 Å². The predicted octanol–water partition coefficient (Wildman–Crippen LogP) is 4.79. The van der Waals surface area contributed by atoms with Gasteiger partial charge in [-0.15, -0.1) is 10.2 Å².